The van der Waals surface area contributed by atoms with Gasteiger partial charge in [-0.2, -0.15) is 0 Å². The summed E-state index contributed by atoms with van der Waals surface area (Å²) in [5.41, 5.74) is 3.51. The van der Waals surface area contributed by atoms with E-state index in [2.05, 4.69) is 60.2 Å². The lowest BCUT2D eigenvalue weighted by Gasteiger charge is -2.36. The summed E-state index contributed by atoms with van der Waals surface area (Å²) in [4.78, 5) is 18.9. The third-order valence-corrected chi connectivity index (χ3v) is 5.63. The van der Waals surface area contributed by atoms with Crippen LogP contribution in [0.25, 0.3) is 0 Å². The first kappa shape index (κ1) is 20.7. The molecule has 0 radical (unpaired) electrons. The van der Waals surface area contributed by atoms with Crippen molar-refractivity contribution in [1.29, 1.82) is 0 Å². The van der Waals surface area contributed by atoms with Gasteiger partial charge in [-0.25, -0.2) is 4.98 Å². The smallest absolute Gasteiger partial charge is 0.230 e. The SMILES string of the molecule is Cc1cccc(CSCC(=O)NCc2ccc(N3CC(C)OC(C)C3)nc2)c1. The second-order valence-electron chi connectivity index (χ2n) is 7.45. The molecule has 1 aromatic heterocycles. The average Bonchev–Trinajstić information content (AvgIpc) is 2.66. The number of thioether (sulfide) groups is 1. The van der Waals surface area contributed by atoms with E-state index in [4.69, 9.17) is 4.74 Å². The fraction of sp³-hybridized carbons (Fsp3) is 0.455. The first-order valence-electron chi connectivity index (χ1n) is 9.75. The Morgan fingerprint density at radius 3 is 2.68 bits per heavy atom. The molecule has 5 nitrogen and oxygen atoms in total. The highest BCUT2D eigenvalue weighted by Crippen LogP contribution is 2.18. The first-order chi connectivity index (χ1) is 13.5. The Morgan fingerprint density at radius 1 is 1.21 bits per heavy atom. The summed E-state index contributed by atoms with van der Waals surface area (Å²) in [5, 5.41) is 2.98. The maximum atomic E-state index is 12.1. The first-order valence-corrected chi connectivity index (χ1v) is 10.9. The van der Waals surface area contributed by atoms with Crippen LogP contribution in [-0.2, 0) is 21.8 Å². The van der Waals surface area contributed by atoms with Crippen molar-refractivity contribution in [3.63, 3.8) is 0 Å². The zero-order valence-electron chi connectivity index (χ0n) is 16.9. The van der Waals surface area contributed by atoms with Gasteiger partial charge in [0.1, 0.15) is 5.82 Å². The van der Waals surface area contributed by atoms with Crippen LogP contribution in [-0.4, -0.2) is 41.9 Å². The third-order valence-electron chi connectivity index (χ3n) is 4.63. The van der Waals surface area contributed by atoms with Crippen LogP contribution in [0.5, 0.6) is 0 Å². The Labute approximate surface area is 171 Å². The topological polar surface area (TPSA) is 54.5 Å². The molecule has 1 saturated heterocycles. The predicted molar refractivity (Wildman–Crippen MR) is 116 cm³/mol. The second-order valence-corrected chi connectivity index (χ2v) is 8.43. The van der Waals surface area contributed by atoms with Crippen molar-refractivity contribution in [3.8, 4) is 0 Å². The molecule has 0 spiro atoms. The minimum absolute atomic E-state index is 0.0533. The minimum atomic E-state index is 0.0533. The van der Waals surface area contributed by atoms with Crippen LogP contribution in [0.1, 0.15) is 30.5 Å². The van der Waals surface area contributed by atoms with Gasteiger partial charge in [0.15, 0.2) is 0 Å². The molecule has 6 heteroatoms. The number of hydrogen-bond donors (Lipinski definition) is 1. The number of nitrogens with one attached hydrogen (secondary N) is 1. The molecule has 2 heterocycles. The molecular weight excluding hydrogens is 370 g/mol. The molecule has 1 amide bonds. The maximum absolute atomic E-state index is 12.1. The van der Waals surface area contributed by atoms with Crippen LogP contribution < -0.4 is 10.2 Å². The lowest BCUT2D eigenvalue weighted by Crippen LogP contribution is -2.45. The molecule has 2 unspecified atom stereocenters. The molecule has 0 saturated carbocycles. The molecule has 150 valence electrons. The molecule has 0 bridgehead atoms. The number of carbonyl (C=O) groups is 1. The Bertz CT molecular complexity index is 772. The lowest BCUT2D eigenvalue weighted by atomic mass is 10.2. The number of ether oxygens (including phenoxy) is 1. The number of carbonyl (C=O) groups excluding carboxylic acids is 1. The zero-order valence-corrected chi connectivity index (χ0v) is 17.7. The van der Waals surface area contributed by atoms with E-state index in [1.54, 1.807) is 11.8 Å². The molecule has 1 fully saturated rings. The molecule has 2 aromatic rings. The van der Waals surface area contributed by atoms with Crippen LogP contribution >= 0.6 is 11.8 Å². The molecule has 1 aliphatic rings. The Morgan fingerprint density at radius 2 is 2.00 bits per heavy atom. The predicted octanol–water partition coefficient (Wildman–Crippen LogP) is 3.55. The summed E-state index contributed by atoms with van der Waals surface area (Å²) >= 11 is 1.63. The van der Waals surface area contributed by atoms with Gasteiger partial charge in [0.2, 0.25) is 5.91 Å². The highest BCUT2D eigenvalue weighted by molar-refractivity contribution is 7.99. The van der Waals surface area contributed by atoms with Gasteiger partial charge < -0.3 is 15.0 Å². The van der Waals surface area contributed by atoms with Gasteiger partial charge in [0.05, 0.1) is 18.0 Å². The number of hydrogen-bond acceptors (Lipinski definition) is 5. The summed E-state index contributed by atoms with van der Waals surface area (Å²) in [6.45, 7) is 8.47. The molecule has 2 atom stereocenters. The van der Waals surface area contributed by atoms with Crippen molar-refractivity contribution in [2.75, 3.05) is 23.7 Å². The molecule has 1 aromatic carbocycles. The molecule has 28 heavy (non-hydrogen) atoms. The number of benzene rings is 1. The largest absolute Gasteiger partial charge is 0.372 e. The van der Waals surface area contributed by atoms with E-state index in [1.807, 2.05) is 18.3 Å². The Kier molecular flexibility index (Phi) is 7.34. The molecule has 1 aliphatic heterocycles. The molecule has 0 aliphatic carbocycles. The van der Waals surface area contributed by atoms with Crippen LogP contribution in [0, 0.1) is 6.92 Å². The van der Waals surface area contributed by atoms with Crippen molar-refractivity contribution in [2.45, 2.75) is 45.3 Å². The van der Waals surface area contributed by atoms with Gasteiger partial charge in [-0.15, -0.1) is 11.8 Å². The summed E-state index contributed by atoms with van der Waals surface area (Å²) in [6, 6.07) is 12.5. The quantitative estimate of drug-likeness (QED) is 0.772. The number of nitrogens with zero attached hydrogens (tertiary/aromatic N) is 2. The van der Waals surface area contributed by atoms with Crippen molar-refractivity contribution in [1.82, 2.24) is 10.3 Å². The fourth-order valence-electron chi connectivity index (χ4n) is 3.39. The highest BCUT2D eigenvalue weighted by atomic mass is 32.2. The van der Waals surface area contributed by atoms with E-state index in [0.717, 1.165) is 30.2 Å². The van der Waals surface area contributed by atoms with Gasteiger partial charge in [0.25, 0.3) is 0 Å². The summed E-state index contributed by atoms with van der Waals surface area (Å²) < 4.78 is 5.77. The monoisotopic (exact) mass is 399 g/mol. The van der Waals surface area contributed by atoms with Crippen molar-refractivity contribution in [3.05, 3.63) is 59.3 Å². The number of anilines is 1. The van der Waals surface area contributed by atoms with E-state index in [0.29, 0.717) is 12.3 Å². The van der Waals surface area contributed by atoms with Crippen molar-refractivity contribution >= 4 is 23.5 Å². The summed E-state index contributed by atoms with van der Waals surface area (Å²) in [5.74, 6) is 2.33. The van der Waals surface area contributed by atoms with Crippen LogP contribution in [0.2, 0.25) is 0 Å². The van der Waals surface area contributed by atoms with Gasteiger partial charge in [0, 0.05) is 31.6 Å². The highest BCUT2D eigenvalue weighted by Gasteiger charge is 2.22. The fourth-order valence-corrected chi connectivity index (χ4v) is 4.19. The molecular formula is C22H29N3O2S. The van der Waals surface area contributed by atoms with E-state index >= 15 is 0 Å². The zero-order chi connectivity index (χ0) is 19.9. The van der Waals surface area contributed by atoms with E-state index < -0.39 is 0 Å². The second kappa shape index (κ2) is 9.94. The van der Waals surface area contributed by atoms with E-state index in [1.165, 1.54) is 11.1 Å². The van der Waals surface area contributed by atoms with Crippen LogP contribution in [0.4, 0.5) is 5.82 Å². The van der Waals surface area contributed by atoms with Crippen LogP contribution in [0.15, 0.2) is 42.6 Å². The van der Waals surface area contributed by atoms with E-state index in [9.17, 15) is 4.79 Å². The number of amides is 1. The minimum Gasteiger partial charge on any atom is -0.372 e. The molecule has 1 N–H and O–H groups in total. The lowest BCUT2D eigenvalue weighted by molar-refractivity contribution is -0.118. The third kappa shape index (κ3) is 6.24. The van der Waals surface area contributed by atoms with Gasteiger partial charge in [-0.1, -0.05) is 35.9 Å². The van der Waals surface area contributed by atoms with Crippen LogP contribution in [0.3, 0.4) is 0 Å². The van der Waals surface area contributed by atoms with Gasteiger partial charge in [-0.3, -0.25) is 4.79 Å². The standard InChI is InChI=1S/C22H29N3O2S/c1-16-5-4-6-19(9-16)14-28-15-22(26)24-11-20-7-8-21(23-10-20)25-12-17(2)27-18(3)13-25/h4-10,17-18H,11-15H2,1-3H3,(H,24,26). The number of aromatic nitrogens is 1. The van der Waals surface area contributed by atoms with E-state index in [-0.39, 0.29) is 18.1 Å². The Balaban J connectivity index is 1.41. The Hall–Kier alpha value is -2.05. The number of rotatable bonds is 7. The average molecular weight is 400 g/mol. The summed E-state index contributed by atoms with van der Waals surface area (Å²) in [7, 11) is 0. The number of pyridine rings is 1. The summed E-state index contributed by atoms with van der Waals surface area (Å²) in [6.07, 6.45) is 2.27. The van der Waals surface area contributed by atoms with Crippen molar-refractivity contribution < 1.29 is 9.53 Å². The van der Waals surface area contributed by atoms with Gasteiger partial charge >= 0.3 is 0 Å². The maximum Gasteiger partial charge on any atom is 0.230 e. The normalized spacial score (nSPS) is 19.5. The van der Waals surface area contributed by atoms with Gasteiger partial charge in [-0.05, 0) is 38.0 Å². The number of morpholine rings is 1. The number of aryl methyl sites for hydroxylation is 1. The molecule has 3 rings (SSSR count). The van der Waals surface area contributed by atoms with Crippen molar-refractivity contribution in [2.24, 2.45) is 0 Å².